The lowest BCUT2D eigenvalue weighted by Gasteiger charge is -2.18. The van der Waals surface area contributed by atoms with Gasteiger partial charge in [0.1, 0.15) is 34.8 Å². The second-order valence-electron chi connectivity index (χ2n) is 28.5. The Hall–Kier alpha value is -14.4. The van der Waals surface area contributed by atoms with Gasteiger partial charge in [0.05, 0.1) is 113 Å². The summed E-state index contributed by atoms with van der Waals surface area (Å²) in [6.07, 6.45) is 14.2. The smallest absolute Gasteiger partial charge is 0.256 e. The van der Waals surface area contributed by atoms with Crippen molar-refractivity contribution in [3.8, 4) is 50.3 Å². The molecular weight excluding hydrogens is 1470 g/mol. The minimum Gasteiger partial charge on any atom is -0.496 e. The first-order valence-electron chi connectivity index (χ1n) is 36.8. The van der Waals surface area contributed by atoms with E-state index in [0.29, 0.717) is 81.0 Å². The molecule has 0 fully saturated rings. The molecule has 0 aliphatic carbocycles. The van der Waals surface area contributed by atoms with E-state index in [1.54, 1.807) is 137 Å². The van der Waals surface area contributed by atoms with E-state index >= 15 is 0 Å². The molecule has 4 aliphatic heterocycles. The molecule has 4 aliphatic rings. The molecule has 0 radical (unpaired) electrons. The van der Waals surface area contributed by atoms with Crippen LogP contribution in [0.4, 0.5) is 22.0 Å². The third-order valence-corrected chi connectivity index (χ3v) is 20.9. The third kappa shape index (κ3) is 14.3. The van der Waals surface area contributed by atoms with Crippen LogP contribution in [0.15, 0.2) is 232 Å². The molecule has 115 heavy (non-hydrogen) atoms. The average Bonchev–Trinajstić information content (AvgIpc) is 1.77. The summed E-state index contributed by atoms with van der Waals surface area (Å²) in [5.41, 5.74) is 15.6. The Morgan fingerprint density at radius 3 is 1.04 bits per heavy atom. The first-order chi connectivity index (χ1) is 55.7. The number of hydrogen-bond acceptors (Lipinski definition) is 13. The maximum Gasteiger partial charge on any atom is 0.256 e. The van der Waals surface area contributed by atoms with Crippen LogP contribution in [-0.4, -0.2) is 109 Å². The number of hydrogen-bond donors (Lipinski definition) is 0. The Morgan fingerprint density at radius 1 is 0.313 bits per heavy atom. The van der Waals surface area contributed by atoms with E-state index in [9.17, 15) is 41.1 Å². The molecule has 8 aromatic heterocycles. The monoisotopic (exact) mass is 1540 g/mol. The molecule has 0 saturated carbocycles. The summed E-state index contributed by atoms with van der Waals surface area (Å²) < 4.78 is 87.1. The number of ether oxygens (including phenoxy) is 1. The van der Waals surface area contributed by atoms with Crippen LogP contribution in [0, 0.1) is 29.1 Å². The van der Waals surface area contributed by atoms with Gasteiger partial charge in [0.25, 0.3) is 23.6 Å². The summed E-state index contributed by atoms with van der Waals surface area (Å²) in [5.74, 6) is -2.61. The Balaban J connectivity index is 0.000000111. The molecule has 0 atom stereocenters. The molecule has 570 valence electrons. The van der Waals surface area contributed by atoms with Crippen molar-refractivity contribution in [1.29, 1.82) is 0 Å². The van der Waals surface area contributed by atoms with E-state index in [1.165, 1.54) is 40.1 Å². The quantitative estimate of drug-likeness (QED) is 0.0984. The third-order valence-electron chi connectivity index (χ3n) is 20.9. The number of carbonyl (C=O) groups excluding carboxylic acids is 4. The van der Waals surface area contributed by atoms with Gasteiger partial charge in [-0.1, -0.05) is 72.8 Å². The van der Waals surface area contributed by atoms with E-state index in [0.717, 1.165) is 83.0 Å². The van der Waals surface area contributed by atoms with Crippen LogP contribution < -0.4 is 4.74 Å². The van der Waals surface area contributed by atoms with Gasteiger partial charge in [-0.2, -0.15) is 20.4 Å². The topological polar surface area (TPSA) is 213 Å². The maximum absolute atomic E-state index is 15.0. The van der Waals surface area contributed by atoms with E-state index < -0.39 is 23.3 Å². The van der Waals surface area contributed by atoms with Crippen LogP contribution >= 0.6 is 0 Å². The van der Waals surface area contributed by atoms with Crippen molar-refractivity contribution in [3.63, 3.8) is 0 Å². The van der Waals surface area contributed by atoms with E-state index in [4.69, 9.17) is 4.74 Å². The number of carbonyl (C=O) groups is 4. The van der Waals surface area contributed by atoms with Crippen molar-refractivity contribution >= 4 is 67.2 Å². The summed E-state index contributed by atoms with van der Waals surface area (Å²) >= 11 is 0. The summed E-state index contributed by atoms with van der Waals surface area (Å²) in [6.45, 7) is 1.99. The Labute approximate surface area is 654 Å². The van der Waals surface area contributed by atoms with Crippen molar-refractivity contribution in [1.82, 2.24) is 78.7 Å². The predicted molar refractivity (Wildman–Crippen MR) is 422 cm³/mol. The lowest BCUT2D eigenvalue weighted by atomic mass is 9.99. The molecule has 0 saturated heterocycles. The molecule has 0 bridgehead atoms. The van der Waals surface area contributed by atoms with Crippen LogP contribution in [0.2, 0.25) is 0 Å². The Morgan fingerprint density at radius 2 is 0.643 bits per heavy atom. The number of amides is 4. The van der Waals surface area contributed by atoms with Crippen molar-refractivity contribution in [2.24, 2.45) is 28.2 Å². The number of aryl methyl sites for hydroxylation is 4. The highest BCUT2D eigenvalue weighted by molar-refractivity contribution is 6.02. The van der Waals surface area contributed by atoms with Gasteiger partial charge >= 0.3 is 0 Å². The Bertz CT molecular complexity index is 6590. The first-order valence-corrected chi connectivity index (χ1v) is 36.8. The maximum atomic E-state index is 15.0. The van der Waals surface area contributed by atoms with Crippen LogP contribution in [0.1, 0.15) is 86.5 Å². The SMILES string of the molecule is COc1cc(-c2cccc3nn(C)cc23)ccc1CN1Cc2ncccc2C1=O.Cn1cc2c(-c3cc(F)c(CN4Cc5ncccc5C4=O)c(F)c3)cccc2n1.Cn1cc2c(-c3cc(F)c(CN4Cc5ncccc5C4=O)cc3F)cccc2n1.Cn1cc2c(-c3ccc(CN4Cc5ncccc5C4=O)c(F)c3)cccc2n1. The average molecular weight is 1540 g/mol. The molecule has 26 heteroatoms. The fourth-order valence-corrected chi connectivity index (χ4v) is 15.4. The van der Waals surface area contributed by atoms with Gasteiger partial charge in [-0.15, -0.1) is 0 Å². The van der Waals surface area contributed by atoms with Crippen molar-refractivity contribution in [3.05, 3.63) is 328 Å². The largest absolute Gasteiger partial charge is 0.496 e. The van der Waals surface area contributed by atoms with Gasteiger partial charge in [-0.3, -0.25) is 57.8 Å². The van der Waals surface area contributed by atoms with E-state index in [1.807, 2.05) is 116 Å². The fourth-order valence-electron chi connectivity index (χ4n) is 15.4. The van der Waals surface area contributed by atoms with Gasteiger partial charge in [-0.25, -0.2) is 22.0 Å². The molecule has 0 spiro atoms. The molecule has 20 rings (SSSR count). The number of benzene rings is 8. The zero-order valence-electron chi connectivity index (χ0n) is 62.7. The van der Waals surface area contributed by atoms with Gasteiger partial charge in [0.15, 0.2) is 0 Å². The summed E-state index contributed by atoms with van der Waals surface area (Å²) in [6, 6.07) is 52.9. The van der Waals surface area contributed by atoms with Crippen molar-refractivity contribution in [2.45, 2.75) is 52.4 Å². The number of pyridine rings is 4. The molecular formula is C89H69F5N16O5. The van der Waals surface area contributed by atoms with Gasteiger partial charge in [0, 0.05) is 140 Å². The molecule has 21 nitrogen and oxygen atoms in total. The van der Waals surface area contributed by atoms with Gasteiger partial charge in [0.2, 0.25) is 0 Å². The highest BCUT2D eigenvalue weighted by Gasteiger charge is 2.34. The summed E-state index contributed by atoms with van der Waals surface area (Å²) in [4.78, 5) is 73.4. The van der Waals surface area contributed by atoms with Crippen LogP contribution in [0.5, 0.6) is 5.75 Å². The fraction of sp³-hybridized carbons (Fsp3) is 0.146. The number of rotatable bonds is 13. The van der Waals surface area contributed by atoms with E-state index in [-0.39, 0.29) is 78.9 Å². The zero-order valence-corrected chi connectivity index (χ0v) is 62.7. The number of nitrogens with zero attached hydrogens (tertiary/aromatic N) is 16. The standard InChI is InChI=1S/C23H20N4O2.2C22H16F2N4O.C22H17FN4O/c1-26-13-19-17(5-3-7-20(19)25-26)15-8-9-16(22(11-15)29-2)12-27-14-21-18(23(27)28)6-4-10-24-21;1-27-11-17-14(4-2-6-20(17)26-27)16-9-18(23)13(8-19(16)24)10-28-12-21-15(22(28)29)5-3-7-25-21;1-27-10-16-14(4-2-6-20(16)26-27)13-8-18(23)17(19(24)9-13)11-28-12-21-15(22(28)29)5-3-7-25-21;1-26-12-18-16(4-2-6-20(18)25-26)14-7-8-15(19(23)10-14)11-27-13-21-17(22(27)28)5-3-9-24-21/h3-11,13H,12,14H2,1-2H3;2-9,11H,10,12H2,1H3;2-10H,11-12H2,1H3;2-10,12H,11,13H2,1H3. The van der Waals surface area contributed by atoms with Gasteiger partial charge < -0.3 is 24.3 Å². The lowest BCUT2D eigenvalue weighted by molar-refractivity contribution is 0.0756. The highest BCUT2D eigenvalue weighted by atomic mass is 19.1. The van der Waals surface area contributed by atoms with Crippen LogP contribution in [0.3, 0.4) is 0 Å². The van der Waals surface area contributed by atoms with Crippen LogP contribution in [-0.2, 0) is 80.5 Å². The highest BCUT2D eigenvalue weighted by Crippen LogP contribution is 2.39. The molecule has 16 aromatic rings. The molecule has 12 heterocycles. The number of halogens is 5. The second kappa shape index (κ2) is 30.3. The van der Waals surface area contributed by atoms with Crippen molar-refractivity contribution in [2.75, 3.05) is 7.11 Å². The minimum absolute atomic E-state index is 0.0133. The zero-order chi connectivity index (χ0) is 79.4. The molecule has 0 N–H and O–H groups in total. The first kappa shape index (κ1) is 73.4. The predicted octanol–water partition coefficient (Wildman–Crippen LogP) is 15.9. The number of fused-ring (bicyclic) bond motifs is 8. The lowest BCUT2D eigenvalue weighted by Crippen LogP contribution is -2.24. The van der Waals surface area contributed by atoms with E-state index in [2.05, 4.69) is 52.5 Å². The molecule has 8 aromatic carbocycles. The van der Waals surface area contributed by atoms with Crippen molar-refractivity contribution < 1.29 is 45.9 Å². The summed E-state index contributed by atoms with van der Waals surface area (Å²) in [7, 11) is 9.04. The Kier molecular flexibility index (Phi) is 19.4. The van der Waals surface area contributed by atoms with Crippen LogP contribution in [0.25, 0.3) is 88.1 Å². The number of aromatic nitrogens is 12. The molecule has 0 unspecified atom stereocenters. The normalized spacial score (nSPS) is 13.3. The minimum atomic E-state index is -0.683. The second-order valence-corrected chi connectivity index (χ2v) is 28.5. The summed E-state index contributed by atoms with van der Waals surface area (Å²) in [5, 5.41) is 21.2. The number of methoxy groups -OCH3 is 1. The molecule has 4 amide bonds. The van der Waals surface area contributed by atoms with Gasteiger partial charge in [-0.05, 0) is 148 Å².